The van der Waals surface area contributed by atoms with E-state index < -0.39 is 28.8 Å². The van der Waals surface area contributed by atoms with Crippen LogP contribution in [0.2, 0.25) is 0 Å². The van der Waals surface area contributed by atoms with Gasteiger partial charge in [-0.25, -0.2) is 4.79 Å². The van der Waals surface area contributed by atoms with Crippen LogP contribution in [0.3, 0.4) is 0 Å². The van der Waals surface area contributed by atoms with Crippen molar-refractivity contribution >= 4 is 51.7 Å². The van der Waals surface area contributed by atoms with Crippen molar-refractivity contribution < 1.29 is 28.5 Å². The van der Waals surface area contributed by atoms with Crippen molar-refractivity contribution in [2.24, 2.45) is 0 Å². The van der Waals surface area contributed by atoms with Crippen LogP contribution in [0.25, 0.3) is 0 Å². The first-order valence-corrected chi connectivity index (χ1v) is 13.6. The van der Waals surface area contributed by atoms with Crippen molar-refractivity contribution in [2.75, 3.05) is 22.2 Å². The number of carbonyl (C=O) groups excluding carboxylic acids is 3. The van der Waals surface area contributed by atoms with E-state index in [9.17, 15) is 23.4 Å². The largest absolute Gasteiger partial charge is 0.481 e. The summed E-state index contributed by atoms with van der Waals surface area (Å²) in [6, 6.07) is 17.6. The number of hydrogen-bond donors (Lipinski definition) is 5. The molecule has 0 spiro atoms. The molecule has 0 fully saturated rings. The van der Waals surface area contributed by atoms with E-state index in [1.54, 1.807) is 48.5 Å². The summed E-state index contributed by atoms with van der Waals surface area (Å²) in [6.45, 7) is 3.18. The number of aliphatic carboxylic acids is 1. The predicted molar refractivity (Wildman–Crippen MR) is 150 cm³/mol. The SMILES string of the molecule is CC(=O)NC(CC(=O)O)c1ccc(NC(=O)Cc2ccc(NC(=O)Nc3ccccc3C)c([S@@](C)=O)c2)cc1. The molecule has 0 aliphatic heterocycles. The summed E-state index contributed by atoms with van der Waals surface area (Å²) in [6.07, 6.45) is 1.21. The number of aryl methyl sites for hydroxylation is 1. The van der Waals surface area contributed by atoms with Gasteiger partial charge in [-0.1, -0.05) is 36.4 Å². The Morgan fingerprint density at radius 1 is 0.897 bits per heavy atom. The third-order valence-electron chi connectivity index (χ3n) is 5.71. The lowest BCUT2D eigenvalue weighted by Gasteiger charge is -2.17. The third-order valence-corrected chi connectivity index (χ3v) is 6.67. The van der Waals surface area contributed by atoms with E-state index in [-0.39, 0.29) is 24.7 Å². The maximum Gasteiger partial charge on any atom is 0.323 e. The highest BCUT2D eigenvalue weighted by Crippen LogP contribution is 2.23. The third kappa shape index (κ3) is 8.78. The molecule has 204 valence electrons. The van der Waals surface area contributed by atoms with Crippen LogP contribution in [0.4, 0.5) is 21.9 Å². The van der Waals surface area contributed by atoms with Crippen LogP contribution in [0.15, 0.2) is 71.6 Å². The Morgan fingerprint density at radius 2 is 1.56 bits per heavy atom. The average Bonchev–Trinajstić information content (AvgIpc) is 2.85. The molecule has 10 nitrogen and oxygen atoms in total. The van der Waals surface area contributed by atoms with Gasteiger partial charge in [0, 0.05) is 24.6 Å². The summed E-state index contributed by atoms with van der Waals surface area (Å²) in [4.78, 5) is 48.1. The predicted octanol–water partition coefficient (Wildman–Crippen LogP) is 4.21. The lowest BCUT2D eigenvalue weighted by Crippen LogP contribution is -2.28. The van der Waals surface area contributed by atoms with Crippen molar-refractivity contribution in [3.8, 4) is 0 Å². The van der Waals surface area contributed by atoms with Gasteiger partial charge in [0.2, 0.25) is 11.8 Å². The highest BCUT2D eigenvalue weighted by atomic mass is 32.2. The Balaban J connectivity index is 1.65. The summed E-state index contributed by atoms with van der Waals surface area (Å²) in [5.74, 6) is -1.72. The molecule has 3 aromatic rings. The molecule has 0 saturated carbocycles. The van der Waals surface area contributed by atoms with Crippen molar-refractivity contribution in [2.45, 2.75) is 37.6 Å². The van der Waals surface area contributed by atoms with Gasteiger partial charge < -0.3 is 26.4 Å². The normalized spacial score (nSPS) is 12.1. The minimum absolute atomic E-state index is 0.00479. The lowest BCUT2D eigenvalue weighted by atomic mass is 10.0. The average molecular weight is 551 g/mol. The molecule has 2 atom stereocenters. The van der Waals surface area contributed by atoms with Gasteiger partial charge >= 0.3 is 12.0 Å². The Hall–Kier alpha value is -4.51. The second-order valence-corrected chi connectivity index (χ2v) is 10.2. The molecule has 11 heteroatoms. The van der Waals surface area contributed by atoms with Crippen LogP contribution >= 0.6 is 0 Å². The Bertz CT molecular complexity index is 1390. The summed E-state index contributed by atoms with van der Waals surface area (Å²) >= 11 is 0. The number of para-hydroxylation sites is 1. The fourth-order valence-electron chi connectivity index (χ4n) is 3.87. The molecular weight excluding hydrogens is 520 g/mol. The number of hydrogen-bond acceptors (Lipinski definition) is 5. The number of amides is 4. The minimum Gasteiger partial charge on any atom is -0.481 e. The number of carboxylic acids is 1. The Kier molecular flexibility index (Phi) is 9.93. The maximum atomic E-state index is 12.7. The highest BCUT2D eigenvalue weighted by molar-refractivity contribution is 7.84. The van der Waals surface area contributed by atoms with Gasteiger partial charge in [0.15, 0.2) is 0 Å². The molecule has 5 N–H and O–H groups in total. The summed E-state index contributed by atoms with van der Waals surface area (Å²) < 4.78 is 12.4. The number of carboxylic acid groups (broad SMARTS) is 1. The monoisotopic (exact) mass is 550 g/mol. The van der Waals surface area contributed by atoms with Crippen molar-refractivity contribution in [3.63, 3.8) is 0 Å². The lowest BCUT2D eigenvalue weighted by molar-refractivity contribution is -0.137. The Labute approximate surface area is 228 Å². The second kappa shape index (κ2) is 13.3. The van der Waals surface area contributed by atoms with E-state index in [0.29, 0.717) is 33.1 Å². The topological polar surface area (TPSA) is 154 Å². The first kappa shape index (κ1) is 29.1. The van der Waals surface area contributed by atoms with Gasteiger partial charge in [0.1, 0.15) is 0 Å². The molecule has 4 amide bonds. The molecule has 0 bridgehead atoms. The zero-order chi connectivity index (χ0) is 28.5. The molecule has 3 aromatic carbocycles. The number of rotatable bonds is 10. The molecule has 0 aliphatic carbocycles. The Morgan fingerprint density at radius 3 is 2.18 bits per heavy atom. The molecular formula is C28H30N4O6S. The number of carbonyl (C=O) groups is 4. The summed E-state index contributed by atoms with van der Waals surface area (Å²) in [5.41, 5.74) is 3.61. The van der Waals surface area contributed by atoms with E-state index in [4.69, 9.17) is 5.11 Å². The van der Waals surface area contributed by atoms with Crippen molar-refractivity contribution in [3.05, 3.63) is 83.4 Å². The van der Waals surface area contributed by atoms with E-state index in [0.717, 1.165) is 5.56 Å². The number of urea groups is 1. The molecule has 0 heterocycles. The zero-order valence-corrected chi connectivity index (χ0v) is 22.6. The fraction of sp³-hybridized carbons (Fsp3) is 0.214. The molecule has 3 rings (SSSR count). The van der Waals surface area contributed by atoms with Gasteiger partial charge in [0.05, 0.1) is 40.3 Å². The maximum absolute atomic E-state index is 12.7. The van der Waals surface area contributed by atoms with Crippen LogP contribution in [-0.4, -0.2) is 39.4 Å². The molecule has 1 unspecified atom stereocenters. The van der Waals surface area contributed by atoms with Crippen molar-refractivity contribution in [1.82, 2.24) is 5.32 Å². The van der Waals surface area contributed by atoms with Crippen molar-refractivity contribution in [1.29, 1.82) is 0 Å². The van der Waals surface area contributed by atoms with Crippen LogP contribution in [0.1, 0.15) is 36.1 Å². The summed E-state index contributed by atoms with van der Waals surface area (Å²) in [7, 11) is -1.43. The summed E-state index contributed by atoms with van der Waals surface area (Å²) in [5, 5.41) is 20.0. The van der Waals surface area contributed by atoms with Crippen LogP contribution in [-0.2, 0) is 31.6 Å². The number of benzene rings is 3. The van der Waals surface area contributed by atoms with Crippen LogP contribution in [0.5, 0.6) is 0 Å². The van der Waals surface area contributed by atoms with E-state index >= 15 is 0 Å². The molecule has 39 heavy (non-hydrogen) atoms. The number of anilines is 3. The van der Waals surface area contributed by atoms with Gasteiger partial charge in [0.25, 0.3) is 0 Å². The molecule has 0 radical (unpaired) electrons. The standard InChI is InChI=1S/C28H30N4O6S/c1-17-6-4-5-7-22(17)31-28(37)32-23-13-8-19(14-25(23)39(3)38)15-26(34)30-21-11-9-20(10-12-21)24(16-27(35)36)29-18(2)33/h4-14,24H,15-16H2,1-3H3,(H,29,33)(H,30,34)(H,35,36)(H2,31,32,37)/t24?,39-/m1/s1. The minimum atomic E-state index is -1.43. The number of nitrogens with one attached hydrogen (secondary N) is 4. The van der Waals surface area contributed by atoms with E-state index in [2.05, 4.69) is 21.3 Å². The molecule has 0 aliphatic rings. The van der Waals surface area contributed by atoms with Gasteiger partial charge in [-0.2, -0.15) is 0 Å². The van der Waals surface area contributed by atoms with E-state index in [1.165, 1.54) is 13.2 Å². The second-order valence-electron chi connectivity index (χ2n) is 8.88. The van der Waals surface area contributed by atoms with Crippen LogP contribution in [0, 0.1) is 6.92 Å². The fourth-order valence-corrected chi connectivity index (χ4v) is 4.61. The van der Waals surface area contributed by atoms with Gasteiger partial charge in [-0.3, -0.25) is 18.6 Å². The van der Waals surface area contributed by atoms with Gasteiger partial charge in [-0.15, -0.1) is 0 Å². The first-order valence-electron chi connectivity index (χ1n) is 12.0. The smallest absolute Gasteiger partial charge is 0.323 e. The zero-order valence-electron chi connectivity index (χ0n) is 21.7. The van der Waals surface area contributed by atoms with E-state index in [1.807, 2.05) is 25.1 Å². The first-order chi connectivity index (χ1) is 18.5. The molecule has 0 aromatic heterocycles. The van der Waals surface area contributed by atoms with Crippen LogP contribution < -0.4 is 21.3 Å². The highest BCUT2D eigenvalue weighted by Gasteiger charge is 2.17. The molecule has 0 saturated heterocycles. The quantitative estimate of drug-likeness (QED) is 0.255. The van der Waals surface area contributed by atoms with Gasteiger partial charge in [-0.05, 0) is 53.9 Å².